The Bertz CT molecular complexity index is 498. The van der Waals surface area contributed by atoms with Gasteiger partial charge in [-0.15, -0.1) is 10.2 Å². The van der Waals surface area contributed by atoms with E-state index < -0.39 is 17.3 Å². The number of hydrogen-bond acceptors (Lipinski definition) is 4. The molecule has 0 saturated heterocycles. The average molecular weight is 260 g/mol. The highest BCUT2D eigenvalue weighted by Crippen LogP contribution is 2.35. The Balaban J connectivity index is 2.28. The van der Waals surface area contributed by atoms with Crippen LogP contribution in [0.3, 0.4) is 0 Å². The smallest absolute Gasteiger partial charge is 0.377 e. The van der Waals surface area contributed by atoms with E-state index in [0.717, 1.165) is 11.3 Å². The molecule has 0 aliphatic rings. The molecule has 0 fully saturated rings. The van der Waals surface area contributed by atoms with E-state index in [0.29, 0.717) is 10.6 Å². The Morgan fingerprint density at radius 3 is 2.35 bits per heavy atom. The summed E-state index contributed by atoms with van der Waals surface area (Å²) in [5.74, 6) is 0. The van der Waals surface area contributed by atoms with E-state index in [9.17, 15) is 13.2 Å². The van der Waals surface area contributed by atoms with Gasteiger partial charge in [0.25, 0.3) is 0 Å². The van der Waals surface area contributed by atoms with Gasteiger partial charge in [-0.25, -0.2) is 0 Å². The van der Waals surface area contributed by atoms with E-state index in [1.807, 2.05) is 0 Å². The Morgan fingerprint density at radius 2 is 1.76 bits per heavy atom. The van der Waals surface area contributed by atoms with Crippen LogP contribution in [0.25, 0.3) is 10.6 Å². The van der Waals surface area contributed by atoms with Crippen molar-refractivity contribution in [2.45, 2.75) is 12.3 Å². The molecule has 0 bridgehead atoms. The van der Waals surface area contributed by atoms with Crippen LogP contribution in [0.2, 0.25) is 0 Å². The molecule has 0 radical (unpaired) electrons. The maximum absolute atomic E-state index is 12.2. The molecule has 7 heteroatoms. The maximum Gasteiger partial charge on any atom is 0.421 e. The highest BCUT2D eigenvalue weighted by atomic mass is 32.1. The molecule has 1 aromatic carbocycles. The summed E-state index contributed by atoms with van der Waals surface area (Å²) in [5.41, 5.74) is 0.672. The summed E-state index contributed by atoms with van der Waals surface area (Å²) in [7, 11) is 0. The van der Waals surface area contributed by atoms with Gasteiger partial charge in [0.1, 0.15) is 5.01 Å². The van der Waals surface area contributed by atoms with Crippen LogP contribution in [0.5, 0.6) is 0 Å². The molecule has 2 aromatic rings. The van der Waals surface area contributed by atoms with Crippen LogP contribution >= 0.6 is 11.3 Å². The van der Waals surface area contributed by atoms with E-state index >= 15 is 0 Å². The summed E-state index contributed by atoms with van der Waals surface area (Å²) in [5, 5.41) is 15.9. The number of hydrogen-bond donors (Lipinski definition) is 1. The number of aliphatic hydroxyl groups excluding tert-OH is 1. The third kappa shape index (κ3) is 2.62. The Kier molecular flexibility index (Phi) is 3.12. The number of halogens is 3. The number of nitrogens with zero attached hydrogens (tertiary/aromatic N) is 2. The van der Waals surface area contributed by atoms with Gasteiger partial charge in [-0.05, 0) is 0 Å². The lowest BCUT2D eigenvalue weighted by Gasteiger charge is -2.10. The molecule has 1 aromatic heterocycles. The zero-order valence-corrected chi connectivity index (χ0v) is 9.16. The average Bonchev–Trinajstić information content (AvgIpc) is 2.77. The minimum atomic E-state index is -4.71. The fourth-order valence-corrected chi connectivity index (χ4v) is 2.04. The molecule has 1 atom stereocenters. The van der Waals surface area contributed by atoms with Gasteiger partial charge in [0.15, 0.2) is 5.01 Å². The van der Waals surface area contributed by atoms with Crippen LogP contribution in [0, 0.1) is 0 Å². The van der Waals surface area contributed by atoms with Crippen LogP contribution in [0.15, 0.2) is 30.3 Å². The topological polar surface area (TPSA) is 46.0 Å². The van der Waals surface area contributed by atoms with Crippen molar-refractivity contribution in [2.24, 2.45) is 0 Å². The van der Waals surface area contributed by atoms with Gasteiger partial charge in [0.05, 0.1) is 0 Å². The van der Waals surface area contributed by atoms with E-state index in [1.165, 1.54) is 0 Å². The maximum atomic E-state index is 12.2. The third-order valence-electron chi connectivity index (χ3n) is 2.01. The van der Waals surface area contributed by atoms with Gasteiger partial charge >= 0.3 is 6.18 Å². The first kappa shape index (κ1) is 12.0. The van der Waals surface area contributed by atoms with Gasteiger partial charge in [-0.2, -0.15) is 13.2 Å². The van der Waals surface area contributed by atoms with Gasteiger partial charge in [0.2, 0.25) is 6.10 Å². The zero-order valence-electron chi connectivity index (χ0n) is 8.35. The molecule has 90 valence electrons. The Hall–Kier alpha value is -1.47. The molecule has 0 amide bonds. The molecule has 1 unspecified atom stereocenters. The van der Waals surface area contributed by atoms with Crippen molar-refractivity contribution in [3.05, 3.63) is 35.3 Å². The second-order valence-electron chi connectivity index (χ2n) is 3.26. The summed E-state index contributed by atoms with van der Waals surface area (Å²) >= 11 is 0.729. The predicted molar refractivity (Wildman–Crippen MR) is 56.4 cm³/mol. The number of rotatable bonds is 2. The van der Waals surface area contributed by atoms with Crippen molar-refractivity contribution in [2.75, 3.05) is 0 Å². The lowest BCUT2D eigenvalue weighted by atomic mass is 10.2. The summed E-state index contributed by atoms with van der Waals surface area (Å²) in [6.45, 7) is 0. The number of alkyl halides is 3. The second-order valence-corrected chi connectivity index (χ2v) is 4.26. The highest BCUT2D eigenvalue weighted by molar-refractivity contribution is 7.14. The van der Waals surface area contributed by atoms with Gasteiger partial charge in [-0.1, -0.05) is 41.7 Å². The third-order valence-corrected chi connectivity index (χ3v) is 3.03. The fraction of sp³-hybridized carbons (Fsp3) is 0.200. The lowest BCUT2D eigenvalue weighted by Crippen LogP contribution is -2.19. The van der Waals surface area contributed by atoms with E-state index in [-0.39, 0.29) is 0 Å². The summed E-state index contributed by atoms with van der Waals surface area (Å²) in [6.07, 6.45) is -7.29. The van der Waals surface area contributed by atoms with Gasteiger partial charge in [0, 0.05) is 5.56 Å². The molecule has 0 saturated carbocycles. The number of aliphatic hydroxyl groups is 1. The molecule has 3 nitrogen and oxygen atoms in total. The van der Waals surface area contributed by atoms with Crippen LogP contribution in [-0.4, -0.2) is 21.5 Å². The molecular formula is C10H7F3N2OS. The Labute approximate surface area is 98.6 Å². The van der Waals surface area contributed by atoms with Crippen molar-refractivity contribution in [3.8, 4) is 10.6 Å². The van der Waals surface area contributed by atoms with Crippen molar-refractivity contribution < 1.29 is 18.3 Å². The molecular weight excluding hydrogens is 253 g/mol. The lowest BCUT2D eigenvalue weighted by molar-refractivity contribution is -0.206. The summed E-state index contributed by atoms with van der Waals surface area (Å²) < 4.78 is 36.7. The van der Waals surface area contributed by atoms with Crippen LogP contribution in [-0.2, 0) is 0 Å². The van der Waals surface area contributed by atoms with Crippen LogP contribution in [0.4, 0.5) is 13.2 Å². The molecule has 1 heterocycles. The SMILES string of the molecule is OC(c1nnc(-c2ccccc2)s1)C(F)(F)F. The fourth-order valence-electron chi connectivity index (χ4n) is 1.18. The minimum Gasteiger partial charge on any atom is -0.377 e. The normalized spacial score (nSPS) is 13.6. The Morgan fingerprint density at radius 1 is 1.12 bits per heavy atom. The molecule has 0 aliphatic heterocycles. The van der Waals surface area contributed by atoms with Crippen LogP contribution in [0.1, 0.15) is 11.1 Å². The molecule has 1 N–H and O–H groups in total. The first-order valence-electron chi connectivity index (χ1n) is 4.62. The van der Waals surface area contributed by atoms with E-state index in [2.05, 4.69) is 10.2 Å². The standard InChI is InChI=1S/C10H7F3N2OS/c11-10(12,13)7(16)9-15-14-8(17-9)6-4-2-1-3-5-6/h1-5,7,16H. The number of benzene rings is 1. The van der Waals surface area contributed by atoms with Crippen molar-refractivity contribution in [1.29, 1.82) is 0 Å². The molecule has 17 heavy (non-hydrogen) atoms. The molecule has 0 spiro atoms. The molecule has 2 rings (SSSR count). The summed E-state index contributed by atoms with van der Waals surface area (Å²) in [4.78, 5) is 0. The predicted octanol–water partition coefficient (Wildman–Crippen LogP) is 2.80. The summed E-state index contributed by atoms with van der Waals surface area (Å²) in [6, 6.07) is 8.71. The van der Waals surface area contributed by atoms with E-state index in [4.69, 9.17) is 5.11 Å². The zero-order chi connectivity index (χ0) is 12.5. The van der Waals surface area contributed by atoms with Crippen LogP contribution < -0.4 is 0 Å². The first-order valence-corrected chi connectivity index (χ1v) is 5.44. The van der Waals surface area contributed by atoms with Crippen molar-refractivity contribution in [3.63, 3.8) is 0 Å². The molecule has 0 aliphatic carbocycles. The van der Waals surface area contributed by atoms with Crippen molar-refractivity contribution in [1.82, 2.24) is 10.2 Å². The second kappa shape index (κ2) is 4.42. The minimum absolute atomic E-state index is 0.351. The highest BCUT2D eigenvalue weighted by Gasteiger charge is 2.41. The largest absolute Gasteiger partial charge is 0.421 e. The first-order chi connectivity index (χ1) is 7.98. The van der Waals surface area contributed by atoms with Crippen molar-refractivity contribution >= 4 is 11.3 Å². The quantitative estimate of drug-likeness (QED) is 0.903. The van der Waals surface area contributed by atoms with Gasteiger partial charge in [-0.3, -0.25) is 0 Å². The van der Waals surface area contributed by atoms with Gasteiger partial charge < -0.3 is 5.11 Å². The van der Waals surface area contributed by atoms with E-state index in [1.54, 1.807) is 30.3 Å². The number of aromatic nitrogens is 2. The monoisotopic (exact) mass is 260 g/mol.